The molecule has 4 atom stereocenters. The Kier molecular flexibility index (Phi) is 5.65. The van der Waals surface area contributed by atoms with Crippen LogP contribution >= 0.6 is 15.9 Å². The lowest BCUT2D eigenvalue weighted by Gasteiger charge is -2.39. The number of aliphatic hydroxyl groups is 1. The van der Waals surface area contributed by atoms with Gasteiger partial charge < -0.3 is 10.0 Å². The van der Waals surface area contributed by atoms with Crippen molar-refractivity contribution in [3.8, 4) is 0 Å². The zero-order chi connectivity index (χ0) is 14.7. The van der Waals surface area contributed by atoms with E-state index in [1.807, 2.05) is 0 Å². The van der Waals surface area contributed by atoms with Gasteiger partial charge in [0.15, 0.2) is 0 Å². The van der Waals surface area contributed by atoms with E-state index in [9.17, 15) is 5.11 Å². The summed E-state index contributed by atoms with van der Waals surface area (Å²) in [5.74, 6) is 1.67. The Labute approximate surface area is 131 Å². The SMILES string of the molecule is CC1CC(C)C(CN(C)Cc2cccc(Br)c2)C(O)C1. The van der Waals surface area contributed by atoms with E-state index in [1.165, 1.54) is 12.0 Å². The van der Waals surface area contributed by atoms with E-state index in [1.54, 1.807) is 0 Å². The summed E-state index contributed by atoms with van der Waals surface area (Å²) >= 11 is 3.52. The lowest BCUT2D eigenvalue weighted by atomic mass is 9.73. The Morgan fingerprint density at radius 1 is 1.30 bits per heavy atom. The van der Waals surface area contributed by atoms with Crippen LogP contribution < -0.4 is 0 Å². The second-order valence-electron chi connectivity index (χ2n) is 6.61. The summed E-state index contributed by atoms with van der Waals surface area (Å²) in [7, 11) is 2.15. The second-order valence-corrected chi connectivity index (χ2v) is 7.53. The number of hydrogen-bond donors (Lipinski definition) is 1. The van der Waals surface area contributed by atoms with Crippen molar-refractivity contribution in [2.24, 2.45) is 17.8 Å². The van der Waals surface area contributed by atoms with E-state index in [-0.39, 0.29) is 6.10 Å². The predicted molar refractivity (Wildman–Crippen MR) is 87.5 cm³/mol. The molecular formula is C17H26BrNO. The molecule has 0 spiro atoms. The molecule has 20 heavy (non-hydrogen) atoms. The van der Waals surface area contributed by atoms with Gasteiger partial charge in [0.05, 0.1) is 6.10 Å². The first-order chi connectivity index (χ1) is 9.45. The maximum absolute atomic E-state index is 10.3. The Morgan fingerprint density at radius 2 is 2.05 bits per heavy atom. The standard InChI is InChI=1S/C17H26BrNO/c1-12-7-13(2)16(17(20)8-12)11-19(3)10-14-5-4-6-15(18)9-14/h4-6,9,12-13,16-17,20H,7-8,10-11H2,1-3H3. The molecule has 1 aliphatic rings. The average Bonchev–Trinajstić information content (AvgIpc) is 2.33. The fourth-order valence-corrected chi connectivity index (χ4v) is 3.99. The van der Waals surface area contributed by atoms with Gasteiger partial charge in [0.25, 0.3) is 0 Å². The fourth-order valence-electron chi connectivity index (χ4n) is 3.55. The minimum absolute atomic E-state index is 0.140. The number of nitrogens with zero attached hydrogens (tertiary/aromatic N) is 1. The van der Waals surface area contributed by atoms with Crippen molar-refractivity contribution in [1.82, 2.24) is 4.90 Å². The molecule has 1 N–H and O–H groups in total. The van der Waals surface area contributed by atoms with Gasteiger partial charge in [-0.2, -0.15) is 0 Å². The molecule has 0 saturated heterocycles. The first-order valence-corrected chi connectivity index (χ1v) is 8.36. The Morgan fingerprint density at radius 3 is 2.70 bits per heavy atom. The van der Waals surface area contributed by atoms with Crippen LogP contribution in [0.1, 0.15) is 32.3 Å². The van der Waals surface area contributed by atoms with Crippen LogP contribution in [0, 0.1) is 17.8 Å². The predicted octanol–water partition coefficient (Wildman–Crippen LogP) is 3.92. The summed E-state index contributed by atoms with van der Waals surface area (Å²) in [5.41, 5.74) is 1.31. The van der Waals surface area contributed by atoms with Crippen molar-refractivity contribution in [2.45, 2.75) is 39.3 Å². The highest BCUT2D eigenvalue weighted by molar-refractivity contribution is 9.10. The summed E-state index contributed by atoms with van der Waals surface area (Å²) in [6, 6.07) is 8.45. The van der Waals surface area contributed by atoms with E-state index in [0.717, 1.165) is 24.0 Å². The zero-order valence-electron chi connectivity index (χ0n) is 12.7. The Bertz CT molecular complexity index is 425. The molecule has 1 aromatic rings. The van der Waals surface area contributed by atoms with Crippen molar-refractivity contribution in [3.63, 3.8) is 0 Å². The summed E-state index contributed by atoms with van der Waals surface area (Å²) < 4.78 is 1.13. The number of halogens is 1. The fraction of sp³-hybridized carbons (Fsp3) is 0.647. The van der Waals surface area contributed by atoms with E-state index < -0.39 is 0 Å². The topological polar surface area (TPSA) is 23.5 Å². The maximum atomic E-state index is 10.3. The van der Waals surface area contributed by atoms with Crippen molar-refractivity contribution in [1.29, 1.82) is 0 Å². The molecule has 1 fully saturated rings. The smallest absolute Gasteiger partial charge is 0.0585 e. The van der Waals surface area contributed by atoms with Gasteiger partial charge in [-0.3, -0.25) is 0 Å². The second kappa shape index (κ2) is 7.06. The quantitative estimate of drug-likeness (QED) is 0.898. The molecule has 0 radical (unpaired) electrons. The van der Waals surface area contributed by atoms with Gasteiger partial charge in [0.2, 0.25) is 0 Å². The van der Waals surface area contributed by atoms with Gasteiger partial charge in [-0.05, 0) is 49.4 Å². The van der Waals surface area contributed by atoms with Crippen LogP contribution in [0.25, 0.3) is 0 Å². The van der Waals surface area contributed by atoms with Crippen LogP contribution in [0.2, 0.25) is 0 Å². The largest absolute Gasteiger partial charge is 0.393 e. The van der Waals surface area contributed by atoms with Crippen LogP contribution in [-0.2, 0) is 6.54 Å². The number of aliphatic hydroxyl groups excluding tert-OH is 1. The molecule has 4 unspecified atom stereocenters. The van der Waals surface area contributed by atoms with Crippen LogP contribution in [-0.4, -0.2) is 29.7 Å². The molecule has 2 rings (SSSR count). The molecular weight excluding hydrogens is 314 g/mol. The molecule has 112 valence electrons. The van der Waals surface area contributed by atoms with Gasteiger partial charge in [-0.15, -0.1) is 0 Å². The zero-order valence-corrected chi connectivity index (χ0v) is 14.3. The summed E-state index contributed by atoms with van der Waals surface area (Å²) in [6.07, 6.45) is 2.06. The minimum atomic E-state index is -0.140. The first-order valence-electron chi connectivity index (χ1n) is 7.56. The first kappa shape index (κ1) is 16.0. The molecule has 1 aromatic carbocycles. The van der Waals surface area contributed by atoms with E-state index in [2.05, 4.69) is 66.0 Å². The van der Waals surface area contributed by atoms with Crippen molar-refractivity contribution >= 4 is 15.9 Å². The van der Waals surface area contributed by atoms with Crippen LogP contribution in [0.3, 0.4) is 0 Å². The van der Waals surface area contributed by atoms with Crippen molar-refractivity contribution < 1.29 is 5.11 Å². The monoisotopic (exact) mass is 339 g/mol. The van der Waals surface area contributed by atoms with E-state index in [0.29, 0.717) is 17.8 Å². The summed E-state index contributed by atoms with van der Waals surface area (Å²) in [6.45, 7) is 6.45. The Hall–Kier alpha value is -0.380. The van der Waals surface area contributed by atoms with Gasteiger partial charge >= 0.3 is 0 Å². The van der Waals surface area contributed by atoms with Crippen molar-refractivity contribution in [3.05, 3.63) is 34.3 Å². The lowest BCUT2D eigenvalue weighted by Crippen LogP contribution is -2.41. The van der Waals surface area contributed by atoms with Crippen molar-refractivity contribution in [2.75, 3.05) is 13.6 Å². The molecule has 0 aromatic heterocycles. The molecule has 2 nitrogen and oxygen atoms in total. The normalized spacial score (nSPS) is 30.7. The Balaban J connectivity index is 1.92. The van der Waals surface area contributed by atoms with Crippen LogP contribution in [0.5, 0.6) is 0 Å². The minimum Gasteiger partial charge on any atom is -0.393 e. The van der Waals surface area contributed by atoms with Gasteiger partial charge in [0, 0.05) is 23.5 Å². The average molecular weight is 340 g/mol. The summed E-state index contributed by atoms with van der Waals surface area (Å²) in [4.78, 5) is 2.34. The molecule has 0 aliphatic heterocycles. The third-order valence-corrected chi connectivity index (χ3v) is 5.00. The highest BCUT2D eigenvalue weighted by atomic mass is 79.9. The molecule has 1 aliphatic carbocycles. The third-order valence-electron chi connectivity index (χ3n) is 4.51. The molecule has 3 heteroatoms. The molecule has 1 saturated carbocycles. The number of hydrogen-bond acceptors (Lipinski definition) is 2. The highest BCUT2D eigenvalue weighted by Crippen LogP contribution is 2.34. The molecule has 0 heterocycles. The lowest BCUT2D eigenvalue weighted by molar-refractivity contribution is 0.000594. The van der Waals surface area contributed by atoms with E-state index >= 15 is 0 Å². The summed E-state index contributed by atoms with van der Waals surface area (Å²) in [5, 5.41) is 10.3. The molecule has 0 bridgehead atoms. The van der Waals surface area contributed by atoms with Crippen LogP contribution in [0.15, 0.2) is 28.7 Å². The highest BCUT2D eigenvalue weighted by Gasteiger charge is 2.33. The molecule has 0 amide bonds. The maximum Gasteiger partial charge on any atom is 0.0585 e. The number of rotatable bonds is 4. The van der Waals surface area contributed by atoms with Crippen LogP contribution in [0.4, 0.5) is 0 Å². The van der Waals surface area contributed by atoms with E-state index in [4.69, 9.17) is 0 Å². The van der Waals surface area contributed by atoms with Gasteiger partial charge in [-0.25, -0.2) is 0 Å². The number of benzene rings is 1. The third kappa shape index (κ3) is 4.31. The van der Waals surface area contributed by atoms with Gasteiger partial charge in [-0.1, -0.05) is 41.9 Å². The van der Waals surface area contributed by atoms with Gasteiger partial charge in [0.1, 0.15) is 0 Å².